The van der Waals surface area contributed by atoms with Crippen LogP contribution in [0.5, 0.6) is 0 Å². The van der Waals surface area contributed by atoms with Gasteiger partial charge in [-0.2, -0.15) is 0 Å². The maximum Gasteiger partial charge on any atom is 0.341 e. The van der Waals surface area contributed by atoms with Gasteiger partial charge in [0.2, 0.25) is 11.7 Å². The van der Waals surface area contributed by atoms with Gasteiger partial charge < -0.3 is 30.1 Å². The van der Waals surface area contributed by atoms with E-state index >= 15 is 0 Å². The van der Waals surface area contributed by atoms with Crippen molar-refractivity contribution in [2.45, 2.75) is 37.9 Å². The third-order valence-electron chi connectivity index (χ3n) is 6.69. The van der Waals surface area contributed by atoms with Gasteiger partial charge in [0.25, 0.3) is 0 Å². The Kier molecular flexibility index (Phi) is 11.4. The molecule has 0 radical (unpaired) electrons. The van der Waals surface area contributed by atoms with Gasteiger partial charge in [-0.15, -0.1) is 0 Å². The number of hydrogen-bond donors (Lipinski definition) is 4. The molecule has 3 rings (SSSR count). The molecule has 1 aromatic carbocycles. The SMILES string of the molecule is CO[C@H]1C(O)=C2C(=O)O[C@](C)(O)\C=C/C=C\C=C/C=C\[C@@H](c3ccccc3)NC(=O)\C=C/C=C\C=C/C=C\[C@@]2(C)[C@H]1O. The minimum absolute atomic E-state index is 0.224. The number of ether oxygens (including phenoxy) is 2. The Bertz CT molecular complexity index is 1380. The zero-order chi connectivity index (χ0) is 30.6. The summed E-state index contributed by atoms with van der Waals surface area (Å²) in [5.41, 5.74) is -0.678. The molecule has 8 nitrogen and oxygen atoms in total. The molecule has 0 spiro atoms. The number of cyclic esters (lactones) is 1. The Morgan fingerprint density at radius 3 is 2.05 bits per heavy atom. The Morgan fingerprint density at radius 2 is 1.40 bits per heavy atom. The smallest absolute Gasteiger partial charge is 0.341 e. The number of fused-ring (bicyclic) bond motifs is 1. The van der Waals surface area contributed by atoms with E-state index in [1.165, 1.54) is 32.3 Å². The van der Waals surface area contributed by atoms with E-state index in [9.17, 15) is 24.9 Å². The lowest BCUT2D eigenvalue weighted by atomic mass is 9.80. The van der Waals surface area contributed by atoms with E-state index in [0.29, 0.717) is 0 Å². The van der Waals surface area contributed by atoms with Crippen molar-refractivity contribution < 1.29 is 34.4 Å². The highest BCUT2D eigenvalue weighted by atomic mass is 16.7. The van der Waals surface area contributed by atoms with Crippen LogP contribution in [0, 0.1) is 5.41 Å². The van der Waals surface area contributed by atoms with Crippen LogP contribution in [0.2, 0.25) is 0 Å². The quantitative estimate of drug-likeness (QED) is 0.377. The Hall–Kier alpha value is -4.50. The van der Waals surface area contributed by atoms with Gasteiger partial charge in [0.05, 0.1) is 17.0 Å². The van der Waals surface area contributed by atoms with E-state index in [2.05, 4.69) is 5.32 Å². The molecule has 0 unspecified atom stereocenters. The number of methoxy groups -OCH3 is 1. The summed E-state index contributed by atoms with van der Waals surface area (Å²) in [6, 6.07) is 9.23. The van der Waals surface area contributed by atoms with Crippen LogP contribution in [0.15, 0.2) is 139 Å². The summed E-state index contributed by atoms with van der Waals surface area (Å²) < 4.78 is 10.5. The maximum atomic E-state index is 13.2. The Morgan fingerprint density at radius 1 is 0.833 bits per heavy atom. The molecule has 1 heterocycles. The molecule has 1 aliphatic carbocycles. The van der Waals surface area contributed by atoms with Crippen LogP contribution < -0.4 is 5.32 Å². The molecule has 8 heteroatoms. The van der Waals surface area contributed by atoms with Crippen molar-refractivity contribution >= 4 is 11.9 Å². The standard InChI is InChI=1S/C34H37NO7/c1-33-23-17-10-6-5-9-16-22-27(36)35-26(25-19-13-12-14-20-25)21-15-8-4-7-11-18-24-34(2,40)42-32(39)28(33)29(37)30(41-3)31(33)38/h4-24,26,30-31,37-38,40H,1-3H3,(H,35,36)/b8-4-,9-5-,10-6-,11-7-,21-15-,22-16-,23-17-,24-18-/t26-,30-,31-,33+,34-/m0/s1. The van der Waals surface area contributed by atoms with Crippen molar-refractivity contribution in [1.29, 1.82) is 0 Å². The lowest BCUT2D eigenvalue weighted by Crippen LogP contribution is -2.39. The van der Waals surface area contributed by atoms with Crippen LogP contribution in [0.3, 0.4) is 0 Å². The molecule has 0 saturated heterocycles. The molecule has 0 bridgehead atoms. The van der Waals surface area contributed by atoms with Crippen molar-refractivity contribution in [2.75, 3.05) is 7.11 Å². The fraction of sp³-hybridized carbons (Fsp3) is 0.235. The number of amides is 1. The van der Waals surface area contributed by atoms with E-state index in [0.717, 1.165) is 5.56 Å². The predicted octanol–water partition coefficient (Wildman–Crippen LogP) is 4.77. The van der Waals surface area contributed by atoms with Crippen molar-refractivity contribution in [1.82, 2.24) is 5.32 Å². The van der Waals surface area contributed by atoms with Gasteiger partial charge in [-0.05, 0) is 18.6 Å². The van der Waals surface area contributed by atoms with Gasteiger partial charge >= 0.3 is 5.97 Å². The summed E-state index contributed by atoms with van der Waals surface area (Å²) in [5, 5.41) is 35.3. The first-order valence-electron chi connectivity index (χ1n) is 13.4. The van der Waals surface area contributed by atoms with Gasteiger partial charge in [-0.1, -0.05) is 115 Å². The second-order valence-electron chi connectivity index (χ2n) is 9.99. The highest BCUT2D eigenvalue weighted by molar-refractivity contribution is 5.93. The number of benzene rings is 1. The normalized spacial score (nSPS) is 35.4. The predicted molar refractivity (Wildman–Crippen MR) is 162 cm³/mol. The van der Waals surface area contributed by atoms with E-state index < -0.39 is 35.1 Å². The summed E-state index contributed by atoms with van der Waals surface area (Å²) in [6.45, 7) is 2.84. The van der Waals surface area contributed by atoms with Crippen molar-refractivity contribution in [3.63, 3.8) is 0 Å². The number of aliphatic hydroxyl groups is 3. The lowest BCUT2D eigenvalue weighted by molar-refractivity contribution is -0.181. The number of nitrogens with one attached hydrogen (secondary N) is 1. The first-order chi connectivity index (χ1) is 20.1. The van der Waals surface area contributed by atoms with Crippen LogP contribution >= 0.6 is 0 Å². The largest absolute Gasteiger partial charge is 0.509 e. The van der Waals surface area contributed by atoms with E-state index in [1.807, 2.05) is 42.5 Å². The molecule has 1 aromatic rings. The van der Waals surface area contributed by atoms with Crippen molar-refractivity contribution in [3.05, 3.63) is 144 Å². The van der Waals surface area contributed by atoms with Gasteiger partial charge in [0.15, 0.2) is 0 Å². The van der Waals surface area contributed by atoms with E-state index in [1.54, 1.807) is 73.8 Å². The molecule has 0 aromatic heterocycles. The highest BCUT2D eigenvalue weighted by Crippen LogP contribution is 2.45. The fourth-order valence-electron chi connectivity index (χ4n) is 4.48. The van der Waals surface area contributed by atoms with Gasteiger partial charge in [-0.25, -0.2) is 4.79 Å². The zero-order valence-electron chi connectivity index (χ0n) is 23.8. The van der Waals surface area contributed by atoms with Crippen molar-refractivity contribution in [2.24, 2.45) is 5.41 Å². The van der Waals surface area contributed by atoms with Crippen LogP contribution in [0.1, 0.15) is 25.5 Å². The van der Waals surface area contributed by atoms with Crippen LogP contribution in [0.4, 0.5) is 0 Å². The number of carbonyl (C=O) groups is 2. The van der Waals surface area contributed by atoms with Crippen LogP contribution in [0.25, 0.3) is 0 Å². The molecular weight excluding hydrogens is 534 g/mol. The monoisotopic (exact) mass is 571 g/mol. The summed E-state index contributed by atoms with van der Waals surface area (Å²) in [6.07, 6.45) is 23.8. The summed E-state index contributed by atoms with van der Waals surface area (Å²) in [4.78, 5) is 25.7. The molecule has 2 aliphatic rings. The third kappa shape index (κ3) is 8.50. The molecule has 5 atom stereocenters. The van der Waals surface area contributed by atoms with Gasteiger partial charge in [-0.3, -0.25) is 4.79 Å². The Balaban J connectivity index is 1.92. The summed E-state index contributed by atoms with van der Waals surface area (Å²) in [5.74, 6) is -3.74. The second-order valence-corrected chi connectivity index (χ2v) is 9.99. The molecule has 1 amide bonds. The fourth-order valence-corrected chi connectivity index (χ4v) is 4.48. The molecule has 1 aliphatic heterocycles. The lowest BCUT2D eigenvalue weighted by Gasteiger charge is -2.29. The Labute approximate surface area is 246 Å². The topological polar surface area (TPSA) is 125 Å². The van der Waals surface area contributed by atoms with E-state index in [-0.39, 0.29) is 17.5 Å². The second kappa shape index (κ2) is 14.9. The third-order valence-corrected chi connectivity index (χ3v) is 6.69. The average Bonchev–Trinajstić information content (AvgIpc) is 3.14. The van der Waals surface area contributed by atoms with Gasteiger partial charge in [0.1, 0.15) is 18.0 Å². The number of carbonyl (C=O) groups excluding carboxylic acids is 2. The molecule has 4 N–H and O–H groups in total. The molecule has 220 valence electrons. The first-order valence-corrected chi connectivity index (χ1v) is 13.4. The number of esters is 1. The molecular formula is C34H37NO7. The average molecular weight is 572 g/mol. The zero-order valence-corrected chi connectivity index (χ0v) is 23.8. The maximum absolute atomic E-state index is 13.2. The van der Waals surface area contributed by atoms with E-state index in [4.69, 9.17) is 9.47 Å². The number of allylic oxidation sites excluding steroid dienone is 12. The molecule has 0 saturated carbocycles. The first kappa shape index (κ1) is 32.0. The molecule has 0 fully saturated rings. The minimum atomic E-state index is -2.01. The van der Waals surface area contributed by atoms with Crippen LogP contribution in [-0.4, -0.2) is 52.3 Å². The van der Waals surface area contributed by atoms with Crippen LogP contribution in [-0.2, 0) is 19.1 Å². The number of rotatable bonds is 2. The van der Waals surface area contributed by atoms with Gasteiger partial charge in [0, 0.05) is 20.1 Å². The van der Waals surface area contributed by atoms with Crippen molar-refractivity contribution in [3.8, 4) is 0 Å². The number of hydrogen-bond acceptors (Lipinski definition) is 7. The minimum Gasteiger partial charge on any atom is -0.509 e. The summed E-state index contributed by atoms with van der Waals surface area (Å²) >= 11 is 0. The summed E-state index contributed by atoms with van der Waals surface area (Å²) in [7, 11) is 1.30. The molecule has 42 heavy (non-hydrogen) atoms. The highest BCUT2D eigenvalue weighted by Gasteiger charge is 2.53. The number of aliphatic hydroxyl groups excluding tert-OH is 2.